The van der Waals surface area contributed by atoms with Gasteiger partial charge in [-0.2, -0.15) is 18.3 Å². The molecule has 0 amide bonds. The van der Waals surface area contributed by atoms with Crippen LogP contribution < -0.4 is 0 Å². The maximum absolute atomic E-state index is 12.9. The van der Waals surface area contributed by atoms with Crippen molar-refractivity contribution >= 4 is 9.84 Å². The molecule has 0 N–H and O–H groups in total. The van der Waals surface area contributed by atoms with Crippen molar-refractivity contribution in [2.45, 2.75) is 36.9 Å². The van der Waals surface area contributed by atoms with Gasteiger partial charge in [0.05, 0.1) is 12.1 Å². The molecule has 6 nitrogen and oxygen atoms in total. The highest BCUT2D eigenvalue weighted by atomic mass is 32.2. The number of alkyl halides is 3. The van der Waals surface area contributed by atoms with Gasteiger partial charge in [-0.25, -0.2) is 18.1 Å². The number of hydrogen-bond acceptors (Lipinski definition) is 5. The van der Waals surface area contributed by atoms with Crippen molar-refractivity contribution in [3.63, 3.8) is 0 Å². The molecule has 0 aliphatic carbocycles. The Balaban J connectivity index is 2.67. The number of nitrogens with zero attached hydrogens (tertiary/aromatic N) is 3. The first-order valence-electron chi connectivity index (χ1n) is 7.60. The van der Waals surface area contributed by atoms with Gasteiger partial charge in [-0.1, -0.05) is 12.1 Å². The number of rotatable bonds is 6. The molecule has 0 radical (unpaired) electrons. The molecule has 0 fully saturated rings. The summed E-state index contributed by atoms with van der Waals surface area (Å²) in [6.07, 6.45) is -0.768. The van der Waals surface area contributed by atoms with Crippen LogP contribution in [0.4, 0.5) is 13.2 Å². The molecular formula is C16H20F3N3O3S. The van der Waals surface area contributed by atoms with Crippen molar-refractivity contribution in [1.29, 1.82) is 0 Å². The van der Waals surface area contributed by atoms with Gasteiger partial charge in [-0.3, -0.25) is 0 Å². The summed E-state index contributed by atoms with van der Waals surface area (Å²) in [5, 5.41) is 3.98. The Morgan fingerprint density at radius 3 is 2.04 bits per heavy atom. The van der Waals surface area contributed by atoms with E-state index < -0.39 is 31.9 Å². The Hall–Kier alpha value is -1.94. The first kappa shape index (κ1) is 20.4. The fourth-order valence-corrected chi connectivity index (χ4v) is 3.69. The summed E-state index contributed by atoms with van der Waals surface area (Å²) in [4.78, 5) is 3.82. The van der Waals surface area contributed by atoms with E-state index in [0.717, 1.165) is 18.4 Å². The first-order valence-corrected chi connectivity index (χ1v) is 9.49. The normalized spacial score (nSPS) is 15.7. The standard InChI is InChI=1S/C16H20F3N3O3S/c1-14(2,26(4,23)24)15(25-3,9-22-11-20-10-21-22)12-5-7-13(8-6-12)16(17,18)19/h5-8,10-11H,9H2,1-4H3. The molecular weight excluding hydrogens is 371 g/mol. The van der Waals surface area contributed by atoms with Crippen LogP contribution in [0.2, 0.25) is 0 Å². The van der Waals surface area contributed by atoms with E-state index in [4.69, 9.17) is 4.74 Å². The second-order valence-electron chi connectivity index (χ2n) is 6.48. The number of ether oxygens (including phenoxy) is 1. The minimum absolute atomic E-state index is 0.0467. The molecule has 1 atom stereocenters. The van der Waals surface area contributed by atoms with Crippen LogP contribution in [0.1, 0.15) is 25.0 Å². The Morgan fingerprint density at radius 1 is 1.12 bits per heavy atom. The van der Waals surface area contributed by atoms with Gasteiger partial charge in [0, 0.05) is 13.4 Å². The third kappa shape index (κ3) is 3.48. The lowest BCUT2D eigenvalue weighted by Crippen LogP contribution is -2.56. The molecule has 10 heteroatoms. The molecule has 144 valence electrons. The molecule has 1 unspecified atom stereocenters. The number of aromatic nitrogens is 3. The minimum Gasteiger partial charge on any atom is -0.370 e. The molecule has 26 heavy (non-hydrogen) atoms. The van der Waals surface area contributed by atoms with Crippen LogP contribution in [0.15, 0.2) is 36.9 Å². The Kier molecular flexibility index (Phi) is 5.22. The van der Waals surface area contributed by atoms with Gasteiger partial charge in [-0.15, -0.1) is 0 Å². The van der Waals surface area contributed by atoms with Gasteiger partial charge in [-0.05, 0) is 31.5 Å². The number of hydrogen-bond donors (Lipinski definition) is 0. The zero-order valence-electron chi connectivity index (χ0n) is 14.8. The Labute approximate surface area is 149 Å². The zero-order chi connectivity index (χ0) is 19.8. The monoisotopic (exact) mass is 391 g/mol. The largest absolute Gasteiger partial charge is 0.416 e. The Bertz CT molecular complexity index is 847. The molecule has 0 aliphatic heterocycles. The predicted molar refractivity (Wildman–Crippen MR) is 89.1 cm³/mol. The highest BCUT2D eigenvalue weighted by Gasteiger charge is 2.54. The molecule has 0 spiro atoms. The second-order valence-corrected chi connectivity index (χ2v) is 9.05. The highest BCUT2D eigenvalue weighted by Crippen LogP contribution is 2.43. The van der Waals surface area contributed by atoms with Crippen LogP contribution in [0, 0.1) is 0 Å². The number of benzene rings is 1. The number of sulfone groups is 1. The van der Waals surface area contributed by atoms with Gasteiger partial charge < -0.3 is 4.74 Å². The lowest BCUT2D eigenvalue weighted by molar-refractivity contribution is -0.137. The summed E-state index contributed by atoms with van der Waals surface area (Å²) in [7, 11) is -2.35. The fraction of sp³-hybridized carbons (Fsp3) is 0.500. The van der Waals surface area contributed by atoms with Crippen LogP contribution in [0.3, 0.4) is 0 Å². The third-order valence-electron chi connectivity index (χ3n) is 4.78. The summed E-state index contributed by atoms with van der Waals surface area (Å²) in [6, 6.07) is 4.28. The van der Waals surface area contributed by atoms with E-state index in [-0.39, 0.29) is 6.54 Å². The smallest absolute Gasteiger partial charge is 0.370 e. The maximum Gasteiger partial charge on any atom is 0.416 e. The third-order valence-corrected chi connectivity index (χ3v) is 6.96. The molecule has 2 aromatic rings. The minimum atomic E-state index is -4.49. The van der Waals surface area contributed by atoms with Crippen LogP contribution in [0.25, 0.3) is 0 Å². The van der Waals surface area contributed by atoms with Crippen LogP contribution in [0.5, 0.6) is 0 Å². The molecule has 0 saturated carbocycles. The quantitative estimate of drug-likeness (QED) is 0.757. The number of methoxy groups -OCH3 is 1. The average molecular weight is 391 g/mol. The highest BCUT2D eigenvalue weighted by molar-refractivity contribution is 7.92. The predicted octanol–water partition coefficient (Wildman–Crippen LogP) is 2.66. The Morgan fingerprint density at radius 2 is 1.65 bits per heavy atom. The van der Waals surface area contributed by atoms with Crippen molar-refractivity contribution in [1.82, 2.24) is 14.8 Å². The molecule has 0 saturated heterocycles. The van der Waals surface area contributed by atoms with Crippen LogP contribution >= 0.6 is 0 Å². The van der Waals surface area contributed by atoms with E-state index in [2.05, 4.69) is 10.1 Å². The van der Waals surface area contributed by atoms with E-state index in [1.807, 2.05) is 0 Å². The molecule has 1 aromatic heterocycles. The summed E-state index contributed by atoms with van der Waals surface area (Å²) in [5.74, 6) is 0. The van der Waals surface area contributed by atoms with E-state index in [1.54, 1.807) is 0 Å². The van der Waals surface area contributed by atoms with Crippen molar-refractivity contribution in [2.24, 2.45) is 0 Å². The van der Waals surface area contributed by atoms with Crippen molar-refractivity contribution in [3.05, 3.63) is 48.0 Å². The maximum atomic E-state index is 12.9. The van der Waals surface area contributed by atoms with Gasteiger partial charge in [0.25, 0.3) is 0 Å². The van der Waals surface area contributed by atoms with E-state index in [1.165, 1.54) is 50.4 Å². The molecule has 1 aromatic carbocycles. The lowest BCUT2D eigenvalue weighted by Gasteiger charge is -2.44. The molecule has 0 aliphatic rings. The summed E-state index contributed by atoms with van der Waals surface area (Å²) in [5.41, 5.74) is -2.03. The van der Waals surface area contributed by atoms with Gasteiger partial charge in [0.1, 0.15) is 23.0 Å². The topological polar surface area (TPSA) is 74.1 Å². The fourth-order valence-electron chi connectivity index (χ4n) is 2.83. The average Bonchev–Trinajstić information content (AvgIpc) is 3.03. The van der Waals surface area contributed by atoms with Crippen LogP contribution in [-0.2, 0) is 32.9 Å². The first-order chi connectivity index (χ1) is 11.8. The summed E-state index contributed by atoms with van der Waals surface area (Å²) >= 11 is 0. The van der Waals surface area contributed by atoms with Crippen molar-refractivity contribution in [2.75, 3.05) is 13.4 Å². The van der Waals surface area contributed by atoms with E-state index >= 15 is 0 Å². The lowest BCUT2D eigenvalue weighted by atomic mass is 9.81. The summed E-state index contributed by atoms with van der Waals surface area (Å²) in [6.45, 7) is 2.90. The van der Waals surface area contributed by atoms with E-state index in [9.17, 15) is 21.6 Å². The van der Waals surface area contributed by atoms with Crippen molar-refractivity contribution in [3.8, 4) is 0 Å². The molecule has 0 bridgehead atoms. The van der Waals surface area contributed by atoms with Gasteiger partial charge >= 0.3 is 6.18 Å². The van der Waals surface area contributed by atoms with Crippen molar-refractivity contribution < 1.29 is 26.3 Å². The zero-order valence-corrected chi connectivity index (χ0v) is 15.6. The summed E-state index contributed by atoms with van der Waals surface area (Å²) < 4.78 is 69.2. The molecule has 1 heterocycles. The number of halogens is 3. The van der Waals surface area contributed by atoms with Crippen LogP contribution in [-0.4, -0.2) is 41.3 Å². The second kappa shape index (κ2) is 6.66. The SMILES string of the molecule is COC(Cn1cncn1)(c1ccc(C(F)(F)F)cc1)C(C)(C)S(C)(=O)=O. The van der Waals surface area contributed by atoms with Gasteiger partial charge in [0.15, 0.2) is 9.84 Å². The van der Waals surface area contributed by atoms with E-state index in [0.29, 0.717) is 5.56 Å². The molecule has 2 rings (SSSR count). The van der Waals surface area contributed by atoms with Gasteiger partial charge in [0.2, 0.25) is 0 Å².